The Morgan fingerprint density at radius 2 is 2.44 bits per heavy atom. The van der Waals surface area contributed by atoms with Crippen LogP contribution in [0.5, 0.6) is 11.5 Å². The quantitative estimate of drug-likeness (QED) is 0.430. The van der Waals surface area contributed by atoms with Crippen LogP contribution in [0.15, 0.2) is 30.9 Å². The van der Waals surface area contributed by atoms with Crippen LogP contribution < -0.4 is 9.47 Å². The van der Waals surface area contributed by atoms with Crippen molar-refractivity contribution < 1.29 is 14.3 Å². The van der Waals surface area contributed by atoms with Crippen LogP contribution >= 0.6 is 0 Å². The average molecular weight is 219 g/mol. The van der Waals surface area contributed by atoms with Crippen molar-refractivity contribution in [2.24, 2.45) is 0 Å². The molecular weight excluding hydrogens is 206 g/mol. The highest BCUT2D eigenvalue weighted by Gasteiger charge is 2.15. The maximum Gasteiger partial charge on any atom is 0.335 e. The Bertz CT molecular complexity index is 428. The lowest BCUT2D eigenvalue weighted by atomic mass is 10.1. The number of esters is 1. The first kappa shape index (κ1) is 10.7. The lowest BCUT2D eigenvalue weighted by Gasteiger charge is -2.25. The molecule has 0 saturated heterocycles. The van der Waals surface area contributed by atoms with Crippen LogP contribution in [0.25, 0.3) is 0 Å². The lowest BCUT2D eigenvalue weighted by Crippen LogP contribution is -2.28. The standard InChI is InChI=1S/C12H13NO3/c1-3-12(14)16-10-4-5-11-9(6-10)7-13(2)8-15-11/h3-6H,1,7-8H2,2H3. The summed E-state index contributed by atoms with van der Waals surface area (Å²) in [6.45, 7) is 4.72. The largest absolute Gasteiger partial charge is 0.478 e. The third-order valence-electron chi connectivity index (χ3n) is 2.30. The Hall–Kier alpha value is -1.81. The Morgan fingerprint density at radius 1 is 1.62 bits per heavy atom. The molecule has 1 aromatic carbocycles. The number of hydrogen-bond acceptors (Lipinski definition) is 4. The van der Waals surface area contributed by atoms with E-state index < -0.39 is 5.97 Å². The predicted octanol–water partition coefficient (Wildman–Crippen LogP) is 1.56. The fourth-order valence-corrected chi connectivity index (χ4v) is 1.56. The highest BCUT2D eigenvalue weighted by Crippen LogP contribution is 2.28. The van der Waals surface area contributed by atoms with Gasteiger partial charge in [-0.3, -0.25) is 4.90 Å². The molecule has 4 nitrogen and oxygen atoms in total. The molecule has 0 amide bonds. The van der Waals surface area contributed by atoms with Gasteiger partial charge >= 0.3 is 5.97 Å². The van der Waals surface area contributed by atoms with E-state index in [1.165, 1.54) is 0 Å². The van der Waals surface area contributed by atoms with E-state index in [-0.39, 0.29) is 0 Å². The van der Waals surface area contributed by atoms with Crippen LogP contribution in [0.4, 0.5) is 0 Å². The zero-order chi connectivity index (χ0) is 11.5. The number of hydrogen-bond donors (Lipinski definition) is 0. The minimum Gasteiger partial charge on any atom is -0.478 e. The molecule has 0 saturated carbocycles. The van der Waals surface area contributed by atoms with E-state index in [0.717, 1.165) is 23.9 Å². The molecule has 0 unspecified atom stereocenters. The number of carbonyl (C=O) groups is 1. The fourth-order valence-electron chi connectivity index (χ4n) is 1.56. The van der Waals surface area contributed by atoms with Crippen molar-refractivity contribution in [3.63, 3.8) is 0 Å². The molecule has 84 valence electrons. The molecule has 16 heavy (non-hydrogen) atoms. The van der Waals surface area contributed by atoms with Gasteiger partial charge in [-0.1, -0.05) is 6.58 Å². The molecule has 4 heteroatoms. The molecule has 0 atom stereocenters. The zero-order valence-electron chi connectivity index (χ0n) is 9.10. The number of rotatable bonds is 2. The van der Waals surface area contributed by atoms with Gasteiger partial charge < -0.3 is 9.47 Å². The summed E-state index contributed by atoms with van der Waals surface area (Å²) in [5.41, 5.74) is 1.02. The minimum atomic E-state index is -0.454. The lowest BCUT2D eigenvalue weighted by molar-refractivity contribution is -0.128. The molecule has 1 heterocycles. The summed E-state index contributed by atoms with van der Waals surface area (Å²) >= 11 is 0. The number of ether oxygens (including phenoxy) is 2. The van der Waals surface area contributed by atoms with E-state index in [4.69, 9.17) is 9.47 Å². The van der Waals surface area contributed by atoms with Gasteiger partial charge in [-0.05, 0) is 25.2 Å². The summed E-state index contributed by atoms with van der Waals surface area (Å²) in [7, 11) is 1.96. The zero-order valence-corrected chi connectivity index (χ0v) is 9.10. The monoisotopic (exact) mass is 219 g/mol. The molecule has 0 aliphatic carbocycles. The van der Waals surface area contributed by atoms with E-state index in [0.29, 0.717) is 12.5 Å². The summed E-state index contributed by atoms with van der Waals surface area (Å²) in [6, 6.07) is 5.34. The molecular formula is C12H13NO3. The Balaban J connectivity index is 2.21. The number of fused-ring (bicyclic) bond motifs is 1. The third kappa shape index (κ3) is 2.23. The second-order valence-corrected chi connectivity index (χ2v) is 3.68. The van der Waals surface area contributed by atoms with Crippen LogP contribution in [0, 0.1) is 0 Å². The van der Waals surface area contributed by atoms with Crippen molar-refractivity contribution in [2.45, 2.75) is 6.54 Å². The summed E-state index contributed by atoms with van der Waals surface area (Å²) in [6.07, 6.45) is 1.14. The van der Waals surface area contributed by atoms with Crippen molar-refractivity contribution >= 4 is 5.97 Å². The SMILES string of the molecule is C=CC(=O)Oc1ccc2c(c1)CN(C)CO2. The molecule has 0 bridgehead atoms. The predicted molar refractivity (Wildman–Crippen MR) is 59.2 cm³/mol. The van der Waals surface area contributed by atoms with Crippen molar-refractivity contribution in [2.75, 3.05) is 13.8 Å². The molecule has 1 aliphatic rings. The second-order valence-electron chi connectivity index (χ2n) is 3.68. The summed E-state index contributed by atoms with van der Waals surface area (Å²) in [4.78, 5) is 13.1. The summed E-state index contributed by atoms with van der Waals surface area (Å²) < 4.78 is 10.5. The van der Waals surface area contributed by atoms with Gasteiger partial charge in [-0.15, -0.1) is 0 Å². The Morgan fingerprint density at radius 3 is 3.19 bits per heavy atom. The second kappa shape index (κ2) is 4.37. The smallest absolute Gasteiger partial charge is 0.335 e. The Labute approximate surface area is 94.1 Å². The maximum absolute atomic E-state index is 11.0. The minimum absolute atomic E-state index is 0.454. The van der Waals surface area contributed by atoms with Crippen LogP contribution in [0.1, 0.15) is 5.56 Å². The summed E-state index contributed by atoms with van der Waals surface area (Å²) in [5, 5.41) is 0. The molecule has 0 spiro atoms. The van der Waals surface area contributed by atoms with Gasteiger partial charge in [0.15, 0.2) is 0 Å². The van der Waals surface area contributed by atoms with Crippen molar-refractivity contribution in [1.29, 1.82) is 0 Å². The summed E-state index contributed by atoms with van der Waals surface area (Å²) in [5.74, 6) is 0.907. The molecule has 0 N–H and O–H groups in total. The molecule has 0 radical (unpaired) electrons. The molecule has 0 fully saturated rings. The Kier molecular flexibility index (Phi) is 2.92. The first-order valence-corrected chi connectivity index (χ1v) is 4.97. The number of benzene rings is 1. The van der Waals surface area contributed by atoms with Gasteiger partial charge in [0, 0.05) is 18.2 Å². The normalized spacial score (nSPS) is 14.8. The van der Waals surface area contributed by atoms with Gasteiger partial charge in [0.05, 0.1) is 0 Å². The van der Waals surface area contributed by atoms with Crippen LogP contribution in [-0.4, -0.2) is 24.6 Å². The topological polar surface area (TPSA) is 38.8 Å². The third-order valence-corrected chi connectivity index (χ3v) is 2.30. The first-order chi connectivity index (χ1) is 7.69. The molecule has 1 aliphatic heterocycles. The van der Waals surface area contributed by atoms with Gasteiger partial charge in [-0.25, -0.2) is 4.79 Å². The van der Waals surface area contributed by atoms with Crippen LogP contribution in [0.3, 0.4) is 0 Å². The highest BCUT2D eigenvalue weighted by atomic mass is 16.5. The van der Waals surface area contributed by atoms with E-state index in [2.05, 4.69) is 6.58 Å². The van der Waals surface area contributed by atoms with Gasteiger partial charge in [0.2, 0.25) is 0 Å². The van der Waals surface area contributed by atoms with Gasteiger partial charge in [0.1, 0.15) is 18.2 Å². The van der Waals surface area contributed by atoms with Gasteiger partial charge in [0.25, 0.3) is 0 Å². The molecule has 2 rings (SSSR count). The van der Waals surface area contributed by atoms with Crippen molar-refractivity contribution in [3.8, 4) is 11.5 Å². The van der Waals surface area contributed by atoms with E-state index in [1.807, 2.05) is 24.1 Å². The molecule has 0 aromatic heterocycles. The van der Waals surface area contributed by atoms with E-state index in [1.54, 1.807) is 6.07 Å². The number of nitrogens with zero attached hydrogens (tertiary/aromatic N) is 1. The van der Waals surface area contributed by atoms with Crippen LogP contribution in [-0.2, 0) is 11.3 Å². The average Bonchev–Trinajstić information content (AvgIpc) is 2.28. The molecule has 1 aromatic rings. The van der Waals surface area contributed by atoms with Crippen molar-refractivity contribution in [1.82, 2.24) is 4.90 Å². The van der Waals surface area contributed by atoms with E-state index >= 15 is 0 Å². The van der Waals surface area contributed by atoms with E-state index in [9.17, 15) is 4.79 Å². The van der Waals surface area contributed by atoms with Gasteiger partial charge in [-0.2, -0.15) is 0 Å². The first-order valence-electron chi connectivity index (χ1n) is 4.97. The number of carbonyl (C=O) groups excluding carboxylic acids is 1. The maximum atomic E-state index is 11.0. The fraction of sp³-hybridized carbons (Fsp3) is 0.250. The highest BCUT2D eigenvalue weighted by molar-refractivity contribution is 5.83. The van der Waals surface area contributed by atoms with Crippen LogP contribution in [0.2, 0.25) is 0 Å². The van der Waals surface area contributed by atoms with Crippen molar-refractivity contribution in [3.05, 3.63) is 36.4 Å².